The first-order valence-electron chi connectivity index (χ1n) is 8.41. The van der Waals surface area contributed by atoms with E-state index in [0.717, 1.165) is 42.6 Å². The molecule has 1 aliphatic rings. The van der Waals surface area contributed by atoms with Crippen molar-refractivity contribution in [3.05, 3.63) is 53.3 Å². The lowest BCUT2D eigenvalue weighted by atomic mass is 9.98. The van der Waals surface area contributed by atoms with Crippen LogP contribution in [0, 0.1) is 12.7 Å². The van der Waals surface area contributed by atoms with E-state index in [2.05, 4.69) is 4.90 Å². The van der Waals surface area contributed by atoms with Crippen LogP contribution in [0.2, 0.25) is 0 Å². The fourth-order valence-corrected chi connectivity index (χ4v) is 3.30. The smallest absolute Gasteiger partial charge is 0.132 e. The van der Waals surface area contributed by atoms with Crippen LogP contribution in [0.3, 0.4) is 0 Å². The van der Waals surface area contributed by atoms with Crippen LogP contribution in [-0.4, -0.2) is 36.3 Å². The SMILES string of the molecule is COc1cc(-c2ccccc2C)cc(F)c1CN1CCC(O)CC1. The van der Waals surface area contributed by atoms with Crippen LogP contribution in [0.15, 0.2) is 36.4 Å². The molecular formula is C20H24FNO2. The van der Waals surface area contributed by atoms with Gasteiger partial charge in [0.25, 0.3) is 0 Å². The fourth-order valence-electron chi connectivity index (χ4n) is 3.30. The number of hydrogen-bond donors (Lipinski definition) is 1. The summed E-state index contributed by atoms with van der Waals surface area (Å²) in [6, 6.07) is 11.5. The van der Waals surface area contributed by atoms with Crippen molar-refractivity contribution in [3.8, 4) is 16.9 Å². The third-order valence-electron chi connectivity index (χ3n) is 4.77. The molecule has 2 aromatic carbocycles. The monoisotopic (exact) mass is 329 g/mol. The van der Waals surface area contributed by atoms with E-state index in [4.69, 9.17) is 4.74 Å². The molecule has 0 aliphatic carbocycles. The molecule has 1 fully saturated rings. The number of aliphatic hydroxyl groups excluding tert-OH is 1. The second kappa shape index (κ2) is 7.32. The molecule has 2 aromatic rings. The largest absolute Gasteiger partial charge is 0.496 e. The number of nitrogens with zero attached hydrogens (tertiary/aromatic N) is 1. The topological polar surface area (TPSA) is 32.7 Å². The molecule has 1 aliphatic heterocycles. The Balaban J connectivity index is 1.90. The van der Waals surface area contributed by atoms with Crippen molar-refractivity contribution in [2.24, 2.45) is 0 Å². The van der Waals surface area contributed by atoms with Crippen LogP contribution in [-0.2, 0) is 6.54 Å². The van der Waals surface area contributed by atoms with Gasteiger partial charge in [-0.2, -0.15) is 0 Å². The minimum absolute atomic E-state index is 0.226. The third-order valence-corrected chi connectivity index (χ3v) is 4.77. The predicted octanol–water partition coefficient (Wildman–Crippen LogP) is 3.77. The number of rotatable bonds is 4. The molecule has 0 atom stereocenters. The minimum atomic E-state index is -0.237. The summed E-state index contributed by atoms with van der Waals surface area (Å²) in [6.45, 7) is 4.09. The first-order chi connectivity index (χ1) is 11.6. The lowest BCUT2D eigenvalue weighted by Gasteiger charge is -2.30. The average molecular weight is 329 g/mol. The number of likely N-dealkylation sites (tertiary alicyclic amines) is 1. The second-order valence-electron chi connectivity index (χ2n) is 6.46. The van der Waals surface area contributed by atoms with Crippen LogP contribution in [0.25, 0.3) is 11.1 Å². The van der Waals surface area contributed by atoms with Gasteiger partial charge in [-0.1, -0.05) is 24.3 Å². The predicted molar refractivity (Wildman–Crippen MR) is 93.6 cm³/mol. The van der Waals surface area contributed by atoms with Crippen molar-refractivity contribution < 1.29 is 14.2 Å². The zero-order valence-corrected chi connectivity index (χ0v) is 14.3. The summed E-state index contributed by atoms with van der Waals surface area (Å²) < 4.78 is 20.3. The highest BCUT2D eigenvalue weighted by molar-refractivity contribution is 5.69. The Morgan fingerprint density at radius 3 is 2.58 bits per heavy atom. The zero-order chi connectivity index (χ0) is 17.1. The average Bonchev–Trinajstić information content (AvgIpc) is 2.58. The van der Waals surface area contributed by atoms with Crippen molar-refractivity contribution in [2.75, 3.05) is 20.2 Å². The van der Waals surface area contributed by atoms with Gasteiger partial charge in [-0.25, -0.2) is 4.39 Å². The maximum atomic E-state index is 14.8. The van der Waals surface area contributed by atoms with Gasteiger partial charge in [-0.3, -0.25) is 4.90 Å². The van der Waals surface area contributed by atoms with E-state index in [9.17, 15) is 9.50 Å². The molecule has 0 amide bonds. The van der Waals surface area contributed by atoms with Gasteiger partial charge in [-0.15, -0.1) is 0 Å². The molecule has 24 heavy (non-hydrogen) atoms. The first-order valence-corrected chi connectivity index (χ1v) is 8.41. The van der Waals surface area contributed by atoms with E-state index < -0.39 is 0 Å². The van der Waals surface area contributed by atoms with Crippen LogP contribution in [0.5, 0.6) is 5.75 Å². The van der Waals surface area contributed by atoms with Gasteiger partial charge in [-0.05, 0) is 48.6 Å². The number of hydrogen-bond acceptors (Lipinski definition) is 3. The van der Waals surface area contributed by atoms with Crippen molar-refractivity contribution in [1.29, 1.82) is 0 Å². The lowest BCUT2D eigenvalue weighted by Crippen LogP contribution is -2.35. The molecule has 0 radical (unpaired) electrons. The third kappa shape index (κ3) is 3.60. The second-order valence-corrected chi connectivity index (χ2v) is 6.46. The number of aliphatic hydroxyl groups is 1. The van der Waals surface area contributed by atoms with E-state index >= 15 is 0 Å². The Labute approximate surface area is 142 Å². The highest BCUT2D eigenvalue weighted by atomic mass is 19.1. The lowest BCUT2D eigenvalue weighted by molar-refractivity contribution is 0.0784. The molecule has 4 heteroatoms. The van der Waals surface area contributed by atoms with Gasteiger partial charge in [0.15, 0.2) is 0 Å². The minimum Gasteiger partial charge on any atom is -0.496 e. The van der Waals surface area contributed by atoms with Crippen molar-refractivity contribution in [2.45, 2.75) is 32.4 Å². The van der Waals surface area contributed by atoms with E-state index in [1.807, 2.05) is 37.3 Å². The summed E-state index contributed by atoms with van der Waals surface area (Å²) in [5.74, 6) is 0.345. The first kappa shape index (κ1) is 16.9. The Hall–Kier alpha value is -1.91. The zero-order valence-electron chi connectivity index (χ0n) is 14.3. The molecule has 1 N–H and O–H groups in total. The Bertz CT molecular complexity index is 709. The summed E-state index contributed by atoms with van der Waals surface area (Å²) in [7, 11) is 1.58. The number of methoxy groups -OCH3 is 1. The van der Waals surface area contributed by atoms with Crippen molar-refractivity contribution in [1.82, 2.24) is 4.90 Å². The summed E-state index contributed by atoms with van der Waals surface area (Å²) in [4.78, 5) is 2.17. The number of piperidine rings is 1. The fraction of sp³-hybridized carbons (Fsp3) is 0.400. The summed E-state index contributed by atoms with van der Waals surface area (Å²) in [5.41, 5.74) is 3.55. The van der Waals surface area contributed by atoms with Crippen molar-refractivity contribution >= 4 is 0 Å². The van der Waals surface area contributed by atoms with Gasteiger partial charge in [0.1, 0.15) is 11.6 Å². The molecule has 0 unspecified atom stereocenters. The quantitative estimate of drug-likeness (QED) is 0.927. The molecule has 3 nitrogen and oxygen atoms in total. The molecule has 1 heterocycles. The molecule has 0 spiro atoms. The molecule has 0 bridgehead atoms. The number of aryl methyl sites for hydroxylation is 1. The molecule has 0 saturated carbocycles. The molecule has 128 valence electrons. The standard InChI is InChI=1S/C20H24FNO2/c1-14-5-3-4-6-17(14)15-11-19(21)18(20(12-15)24-2)13-22-9-7-16(23)8-10-22/h3-6,11-12,16,23H,7-10,13H2,1-2H3. The van der Waals surface area contributed by atoms with E-state index in [-0.39, 0.29) is 11.9 Å². The summed E-state index contributed by atoms with van der Waals surface area (Å²) >= 11 is 0. The highest BCUT2D eigenvalue weighted by Crippen LogP contribution is 2.32. The number of ether oxygens (including phenoxy) is 1. The summed E-state index contributed by atoms with van der Waals surface area (Å²) in [5, 5.41) is 9.61. The van der Waals surface area contributed by atoms with Crippen LogP contribution < -0.4 is 4.74 Å². The van der Waals surface area contributed by atoms with E-state index in [0.29, 0.717) is 17.9 Å². The number of benzene rings is 2. The molecule has 1 saturated heterocycles. The van der Waals surface area contributed by atoms with E-state index in [1.165, 1.54) is 0 Å². The van der Waals surface area contributed by atoms with Crippen LogP contribution >= 0.6 is 0 Å². The molecule has 0 aromatic heterocycles. The van der Waals surface area contributed by atoms with Gasteiger partial charge in [0, 0.05) is 25.2 Å². The van der Waals surface area contributed by atoms with Gasteiger partial charge < -0.3 is 9.84 Å². The highest BCUT2D eigenvalue weighted by Gasteiger charge is 2.21. The maximum Gasteiger partial charge on any atom is 0.132 e. The summed E-state index contributed by atoms with van der Waals surface area (Å²) in [6.07, 6.45) is 1.26. The van der Waals surface area contributed by atoms with Gasteiger partial charge in [0.2, 0.25) is 0 Å². The van der Waals surface area contributed by atoms with Crippen molar-refractivity contribution in [3.63, 3.8) is 0 Å². The Morgan fingerprint density at radius 2 is 1.92 bits per heavy atom. The van der Waals surface area contributed by atoms with Gasteiger partial charge in [0.05, 0.1) is 13.2 Å². The van der Waals surface area contributed by atoms with E-state index in [1.54, 1.807) is 13.2 Å². The Kier molecular flexibility index (Phi) is 5.17. The maximum absolute atomic E-state index is 14.8. The molecule has 3 rings (SSSR count). The normalized spacial score (nSPS) is 16.3. The van der Waals surface area contributed by atoms with Crippen LogP contribution in [0.4, 0.5) is 4.39 Å². The Morgan fingerprint density at radius 1 is 1.21 bits per heavy atom. The van der Waals surface area contributed by atoms with Crippen LogP contribution in [0.1, 0.15) is 24.0 Å². The number of halogens is 1. The van der Waals surface area contributed by atoms with Gasteiger partial charge >= 0.3 is 0 Å². The molecular weight excluding hydrogens is 305 g/mol.